The zero-order chi connectivity index (χ0) is 9.97. The SMILES string of the molecule is Cc1nccn1Cc1ncc(C=O)[nH]1. The maximum Gasteiger partial charge on any atom is 0.167 e. The molecule has 2 aromatic heterocycles. The summed E-state index contributed by atoms with van der Waals surface area (Å²) in [6.45, 7) is 2.53. The number of H-pyrrole nitrogens is 1. The summed E-state index contributed by atoms with van der Waals surface area (Å²) >= 11 is 0. The minimum Gasteiger partial charge on any atom is -0.338 e. The molecule has 14 heavy (non-hydrogen) atoms. The highest BCUT2D eigenvalue weighted by atomic mass is 16.1. The first-order valence-corrected chi connectivity index (χ1v) is 4.26. The van der Waals surface area contributed by atoms with Crippen LogP contribution in [0, 0.1) is 6.92 Å². The smallest absolute Gasteiger partial charge is 0.167 e. The predicted molar refractivity (Wildman–Crippen MR) is 50.0 cm³/mol. The van der Waals surface area contributed by atoms with Gasteiger partial charge in [-0.15, -0.1) is 0 Å². The van der Waals surface area contributed by atoms with Crippen molar-refractivity contribution < 1.29 is 4.79 Å². The molecular weight excluding hydrogens is 180 g/mol. The molecule has 2 aromatic rings. The van der Waals surface area contributed by atoms with Crippen molar-refractivity contribution in [3.63, 3.8) is 0 Å². The number of hydrogen-bond donors (Lipinski definition) is 1. The average Bonchev–Trinajstić information content (AvgIpc) is 2.77. The van der Waals surface area contributed by atoms with Crippen molar-refractivity contribution in [2.45, 2.75) is 13.5 Å². The Morgan fingerprint density at radius 1 is 1.57 bits per heavy atom. The lowest BCUT2D eigenvalue weighted by Gasteiger charge is -2.00. The Hall–Kier alpha value is -1.91. The Morgan fingerprint density at radius 3 is 3.00 bits per heavy atom. The lowest BCUT2D eigenvalue weighted by atomic mass is 10.5. The van der Waals surface area contributed by atoms with Gasteiger partial charge in [-0.25, -0.2) is 9.97 Å². The Morgan fingerprint density at radius 2 is 2.43 bits per heavy atom. The minimum atomic E-state index is 0.498. The van der Waals surface area contributed by atoms with Gasteiger partial charge < -0.3 is 9.55 Å². The van der Waals surface area contributed by atoms with Crippen molar-refractivity contribution in [2.75, 3.05) is 0 Å². The van der Waals surface area contributed by atoms with E-state index < -0.39 is 0 Å². The zero-order valence-corrected chi connectivity index (χ0v) is 7.77. The summed E-state index contributed by atoms with van der Waals surface area (Å²) in [6.07, 6.45) is 5.88. The predicted octanol–water partition coefficient (Wildman–Crippen LogP) is 0.775. The molecule has 0 fully saturated rings. The second-order valence-electron chi connectivity index (χ2n) is 3.01. The normalized spacial score (nSPS) is 10.4. The summed E-state index contributed by atoms with van der Waals surface area (Å²) in [5.41, 5.74) is 0.498. The van der Waals surface area contributed by atoms with E-state index in [-0.39, 0.29) is 0 Å². The van der Waals surface area contributed by atoms with Gasteiger partial charge in [0.15, 0.2) is 6.29 Å². The monoisotopic (exact) mass is 190 g/mol. The van der Waals surface area contributed by atoms with E-state index in [0.29, 0.717) is 12.2 Å². The van der Waals surface area contributed by atoms with Gasteiger partial charge in [-0.05, 0) is 6.92 Å². The molecule has 72 valence electrons. The van der Waals surface area contributed by atoms with Crippen LogP contribution < -0.4 is 0 Å². The fourth-order valence-electron chi connectivity index (χ4n) is 1.25. The van der Waals surface area contributed by atoms with Gasteiger partial charge in [0, 0.05) is 12.4 Å². The summed E-state index contributed by atoms with van der Waals surface area (Å²) in [7, 11) is 0. The van der Waals surface area contributed by atoms with Crippen LogP contribution in [0.25, 0.3) is 0 Å². The van der Waals surface area contributed by atoms with Crippen LogP contribution in [0.5, 0.6) is 0 Å². The van der Waals surface area contributed by atoms with Crippen molar-refractivity contribution >= 4 is 6.29 Å². The first kappa shape index (κ1) is 8.68. The van der Waals surface area contributed by atoms with Crippen LogP contribution in [0.3, 0.4) is 0 Å². The largest absolute Gasteiger partial charge is 0.338 e. The van der Waals surface area contributed by atoms with Crippen LogP contribution in [0.15, 0.2) is 18.6 Å². The van der Waals surface area contributed by atoms with Crippen LogP contribution in [-0.4, -0.2) is 25.8 Å². The number of aromatic amines is 1. The summed E-state index contributed by atoms with van der Waals surface area (Å²) in [5.74, 6) is 1.68. The van der Waals surface area contributed by atoms with E-state index in [1.165, 1.54) is 6.20 Å². The first-order chi connectivity index (χ1) is 6.79. The highest BCUT2D eigenvalue weighted by Gasteiger charge is 2.02. The van der Waals surface area contributed by atoms with Gasteiger partial charge in [0.2, 0.25) is 0 Å². The highest BCUT2D eigenvalue weighted by molar-refractivity contribution is 5.71. The fraction of sp³-hybridized carbons (Fsp3) is 0.222. The van der Waals surface area contributed by atoms with Crippen molar-refractivity contribution in [3.8, 4) is 0 Å². The van der Waals surface area contributed by atoms with Gasteiger partial charge in [-0.1, -0.05) is 0 Å². The number of nitrogens with zero attached hydrogens (tertiary/aromatic N) is 3. The zero-order valence-electron chi connectivity index (χ0n) is 7.77. The molecule has 0 amide bonds. The van der Waals surface area contributed by atoms with Crippen molar-refractivity contribution in [2.24, 2.45) is 0 Å². The van der Waals surface area contributed by atoms with Crippen LogP contribution in [0.2, 0.25) is 0 Å². The Bertz CT molecular complexity index is 443. The van der Waals surface area contributed by atoms with Crippen LogP contribution >= 0.6 is 0 Å². The van der Waals surface area contributed by atoms with E-state index in [4.69, 9.17) is 0 Å². The average molecular weight is 190 g/mol. The van der Waals surface area contributed by atoms with Crippen LogP contribution in [0.4, 0.5) is 0 Å². The Balaban J connectivity index is 2.18. The van der Waals surface area contributed by atoms with Gasteiger partial charge in [-0.3, -0.25) is 4.79 Å². The molecule has 0 spiro atoms. The molecular formula is C9H10N4O. The maximum absolute atomic E-state index is 10.4. The lowest BCUT2D eigenvalue weighted by molar-refractivity contribution is 0.111. The van der Waals surface area contributed by atoms with Crippen molar-refractivity contribution in [1.29, 1.82) is 0 Å². The van der Waals surface area contributed by atoms with Gasteiger partial charge >= 0.3 is 0 Å². The number of aromatic nitrogens is 4. The molecule has 0 radical (unpaired) electrons. The van der Waals surface area contributed by atoms with E-state index in [1.54, 1.807) is 6.20 Å². The first-order valence-electron chi connectivity index (χ1n) is 4.26. The van der Waals surface area contributed by atoms with Crippen LogP contribution in [0.1, 0.15) is 22.1 Å². The van der Waals surface area contributed by atoms with Gasteiger partial charge in [0.05, 0.1) is 18.4 Å². The molecule has 5 nitrogen and oxygen atoms in total. The summed E-state index contributed by atoms with van der Waals surface area (Å²) < 4.78 is 1.95. The molecule has 5 heteroatoms. The molecule has 0 saturated heterocycles. The van der Waals surface area contributed by atoms with Gasteiger partial charge in [0.1, 0.15) is 11.6 Å². The van der Waals surface area contributed by atoms with E-state index in [1.807, 2.05) is 17.7 Å². The maximum atomic E-state index is 10.4. The lowest BCUT2D eigenvalue weighted by Crippen LogP contribution is -2.02. The quantitative estimate of drug-likeness (QED) is 0.727. The second kappa shape index (κ2) is 3.45. The summed E-state index contributed by atoms with van der Waals surface area (Å²) in [6, 6.07) is 0. The van der Waals surface area contributed by atoms with E-state index in [0.717, 1.165) is 17.9 Å². The van der Waals surface area contributed by atoms with Gasteiger partial charge in [-0.2, -0.15) is 0 Å². The van der Waals surface area contributed by atoms with Crippen LogP contribution in [-0.2, 0) is 6.54 Å². The molecule has 0 aliphatic rings. The topological polar surface area (TPSA) is 63.6 Å². The molecule has 0 aliphatic heterocycles. The molecule has 0 aliphatic carbocycles. The number of carbonyl (C=O) groups excluding carboxylic acids is 1. The Kier molecular flexibility index (Phi) is 2.14. The standard InChI is InChI=1S/C9H10N4O/c1-7-10-2-3-13(7)5-9-11-4-8(6-14)12-9/h2-4,6H,5H2,1H3,(H,11,12). The molecule has 0 atom stereocenters. The number of imidazole rings is 2. The molecule has 0 saturated carbocycles. The molecule has 2 rings (SSSR count). The number of nitrogens with one attached hydrogen (secondary N) is 1. The Labute approximate surface area is 80.8 Å². The van der Waals surface area contributed by atoms with E-state index >= 15 is 0 Å². The number of aldehydes is 1. The second-order valence-corrected chi connectivity index (χ2v) is 3.01. The number of rotatable bonds is 3. The molecule has 2 heterocycles. The summed E-state index contributed by atoms with van der Waals surface area (Å²) in [4.78, 5) is 21.5. The summed E-state index contributed by atoms with van der Waals surface area (Å²) in [5, 5.41) is 0. The number of carbonyl (C=O) groups is 1. The van der Waals surface area contributed by atoms with Gasteiger partial charge in [0.25, 0.3) is 0 Å². The minimum absolute atomic E-state index is 0.498. The third-order valence-electron chi connectivity index (χ3n) is 2.02. The number of hydrogen-bond acceptors (Lipinski definition) is 3. The number of aryl methyl sites for hydroxylation is 1. The molecule has 1 N–H and O–H groups in total. The third-order valence-corrected chi connectivity index (χ3v) is 2.02. The van der Waals surface area contributed by atoms with Crippen molar-refractivity contribution in [3.05, 3.63) is 35.9 Å². The van der Waals surface area contributed by atoms with E-state index in [2.05, 4.69) is 15.0 Å². The molecule has 0 bridgehead atoms. The third kappa shape index (κ3) is 1.56. The molecule has 0 aromatic carbocycles. The molecule has 0 unspecified atom stereocenters. The highest BCUT2D eigenvalue weighted by Crippen LogP contribution is 2.01. The van der Waals surface area contributed by atoms with E-state index in [9.17, 15) is 4.79 Å². The fourth-order valence-corrected chi connectivity index (χ4v) is 1.25. The van der Waals surface area contributed by atoms with Crippen molar-refractivity contribution in [1.82, 2.24) is 19.5 Å².